The summed E-state index contributed by atoms with van der Waals surface area (Å²) in [6.45, 7) is 1.88. The van der Waals surface area contributed by atoms with E-state index in [1.165, 1.54) is 5.56 Å². The van der Waals surface area contributed by atoms with Crippen molar-refractivity contribution < 1.29 is 19.4 Å². The first-order valence-electron chi connectivity index (χ1n) is 10.9. The van der Waals surface area contributed by atoms with Gasteiger partial charge in [0, 0.05) is 31.8 Å². The first-order chi connectivity index (χ1) is 17.6. The number of esters is 1. The molecule has 1 aliphatic rings. The molecule has 5 N–H and O–H groups in total. The predicted molar refractivity (Wildman–Crippen MR) is 134 cm³/mol. The van der Waals surface area contributed by atoms with Gasteiger partial charge in [-0.3, -0.25) is 19.5 Å². The molecule has 0 radical (unpaired) electrons. The minimum atomic E-state index is -1.30. The molecule has 0 spiro atoms. The van der Waals surface area contributed by atoms with Crippen LogP contribution < -0.4 is 31.9 Å². The normalized spacial score (nSPS) is 12.6. The molecule has 14 heteroatoms. The van der Waals surface area contributed by atoms with E-state index in [1.807, 2.05) is 11.0 Å². The van der Waals surface area contributed by atoms with Gasteiger partial charge in [0.2, 0.25) is 0 Å². The molecule has 3 heterocycles. The molecule has 37 heavy (non-hydrogen) atoms. The third-order valence-electron chi connectivity index (χ3n) is 5.87. The van der Waals surface area contributed by atoms with Crippen LogP contribution in [0.5, 0.6) is 0 Å². The Morgan fingerprint density at radius 2 is 1.95 bits per heavy atom. The van der Waals surface area contributed by atoms with Gasteiger partial charge in [0.15, 0.2) is 17.0 Å². The van der Waals surface area contributed by atoms with Crippen molar-refractivity contribution in [3.05, 3.63) is 89.2 Å². The maximum atomic E-state index is 11.6. The fraction of sp³-hybridized carbons (Fsp3) is 0.217. The molecule has 2 aromatic carbocycles. The third-order valence-corrected chi connectivity index (χ3v) is 6.00. The number of nitrogens with one attached hydrogen (secondary N) is 2. The van der Waals surface area contributed by atoms with E-state index in [0.717, 1.165) is 41.3 Å². The van der Waals surface area contributed by atoms with Crippen molar-refractivity contribution in [2.75, 3.05) is 24.3 Å². The highest BCUT2D eigenvalue weighted by atomic mass is 35.5. The van der Waals surface area contributed by atoms with Crippen LogP contribution in [-0.2, 0) is 24.2 Å². The van der Waals surface area contributed by atoms with Gasteiger partial charge in [0.05, 0.1) is 7.11 Å². The number of fused-ring (bicyclic) bond motifs is 2. The van der Waals surface area contributed by atoms with Gasteiger partial charge in [-0.05, 0) is 34.9 Å². The summed E-state index contributed by atoms with van der Waals surface area (Å²) in [5.74, 6) is -2.07. The monoisotopic (exact) mass is 528 g/mol. The molecular formula is C23H21ClN6O7. The summed E-state index contributed by atoms with van der Waals surface area (Å²) >= 11 is 5.52. The Hall–Kier alpha value is -4.49. The number of carboxylic acids is 1. The Morgan fingerprint density at radius 1 is 1.19 bits per heavy atom. The molecule has 2 aromatic heterocycles. The Balaban J connectivity index is 0.000000176. The average Bonchev–Trinajstić information content (AvgIpc) is 3.28. The molecule has 0 unspecified atom stereocenters. The molecule has 192 valence electrons. The SMILES string of the molecule is COC(=O)c1cc(C(=O)O)nc2cc(=O)[nH]n12.Nc1c(N2CCc3ccc(CNCl)cc3C2)c(=O)c1=O. The number of nitrogens with zero attached hydrogens (tertiary/aromatic N) is 3. The fourth-order valence-corrected chi connectivity index (χ4v) is 4.22. The summed E-state index contributed by atoms with van der Waals surface area (Å²) in [5.41, 5.74) is 7.64. The number of aromatic carboxylic acids is 1. The van der Waals surface area contributed by atoms with E-state index in [1.54, 1.807) is 0 Å². The van der Waals surface area contributed by atoms with E-state index in [9.17, 15) is 24.0 Å². The van der Waals surface area contributed by atoms with Gasteiger partial charge < -0.3 is 20.5 Å². The van der Waals surface area contributed by atoms with Crippen molar-refractivity contribution in [1.29, 1.82) is 0 Å². The largest absolute Gasteiger partial charge is 0.477 e. The predicted octanol–water partition coefficient (Wildman–Crippen LogP) is 0.178. The van der Waals surface area contributed by atoms with Crippen LogP contribution in [0.15, 0.2) is 44.7 Å². The second kappa shape index (κ2) is 10.2. The zero-order valence-corrected chi connectivity index (χ0v) is 20.2. The van der Waals surface area contributed by atoms with Gasteiger partial charge in [-0.15, -0.1) is 0 Å². The van der Waals surface area contributed by atoms with Crippen molar-refractivity contribution in [3.63, 3.8) is 0 Å². The minimum Gasteiger partial charge on any atom is -0.477 e. The maximum absolute atomic E-state index is 11.6. The number of benzene rings is 1. The number of methoxy groups -OCH3 is 1. The molecule has 13 nitrogen and oxygen atoms in total. The summed E-state index contributed by atoms with van der Waals surface area (Å²) in [7, 11) is 1.15. The Bertz CT molecular complexity index is 1650. The van der Waals surface area contributed by atoms with E-state index in [-0.39, 0.29) is 22.7 Å². The third kappa shape index (κ3) is 4.94. The number of carboxylic acid groups (broad SMARTS) is 1. The molecule has 0 saturated heterocycles. The Morgan fingerprint density at radius 3 is 2.59 bits per heavy atom. The van der Waals surface area contributed by atoms with E-state index < -0.39 is 28.4 Å². The molecule has 5 rings (SSSR count). The first-order valence-corrected chi connectivity index (χ1v) is 11.2. The lowest BCUT2D eigenvalue weighted by atomic mass is 9.96. The zero-order chi connectivity index (χ0) is 26.9. The maximum Gasteiger partial charge on any atom is 0.356 e. The minimum absolute atomic E-state index is 0.0373. The lowest BCUT2D eigenvalue weighted by Crippen LogP contribution is -2.44. The number of anilines is 2. The summed E-state index contributed by atoms with van der Waals surface area (Å²) in [6.07, 6.45) is 0.835. The number of hydrogen-bond donors (Lipinski definition) is 4. The molecule has 0 atom stereocenters. The van der Waals surface area contributed by atoms with Crippen LogP contribution in [0.25, 0.3) is 5.65 Å². The van der Waals surface area contributed by atoms with Gasteiger partial charge >= 0.3 is 11.9 Å². The number of rotatable bonds is 5. The smallest absolute Gasteiger partial charge is 0.356 e. The van der Waals surface area contributed by atoms with Crippen LogP contribution in [0, 0.1) is 0 Å². The highest BCUT2D eigenvalue weighted by Crippen LogP contribution is 2.26. The van der Waals surface area contributed by atoms with Crippen molar-refractivity contribution >= 4 is 40.7 Å². The molecule has 0 aliphatic carbocycles. The molecule has 0 bridgehead atoms. The van der Waals surface area contributed by atoms with E-state index >= 15 is 0 Å². The van der Waals surface area contributed by atoms with Gasteiger partial charge in [0.25, 0.3) is 16.4 Å². The van der Waals surface area contributed by atoms with Crippen LogP contribution >= 0.6 is 11.8 Å². The van der Waals surface area contributed by atoms with E-state index in [2.05, 4.69) is 31.8 Å². The Labute approximate surface area is 212 Å². The second-order valence-corrected chi connectivity index (χ2v) is 8.41. The van der Waals surface area contributed by atoms with E-state index in [4.69, 9.17) is 22.6 Å². The quantitative estimate of drug-likeness (QED) is 0.157. The van der Waals surface area contributed by atoms with Crippen molar-refractivity contribution in [3.8, 4) is 0 Å². The standard InChI is InChI=1S/C14H14ClN3O2.C9H7N3O5/c15-17-6-8-1-2-9-3-4-18(7-10(9)5-8)12-11(16)13(19)14(12)20;1-17-9(16)5-2-4(8(14)15)10-6-3-7(13)11-12(5)6/h1-2,5,17H,3-4,6-7,16H2;2-3H,1H3,(H,11,13)(H,14,15). The number of halogens is 1. The van der Waals surface area contributed by atoms with Crippen LogP contribution in [0.4, 0.5) is 11.4 Å². The summed E-state index contributed by atoms with van der Waals surface area (Å²) < 4.78 is 5.56. The van der Waals surface area contributed by atoms with Gasteiger partial charge in [-0.2, -0.15) is 0 Å². The van der Waals surface area contributed by atoms with Gasteiger partial charge in [-0.1, -0.05) is 18.2 Å². The van der Waals surface area contributed by atoms with Crippen LogP contribution in [0.1, 0.15) is 37.7 Å². The van der Waals surface area contributed by atoms with Crippen molar-refractivity contribution in [1.82, 2.24) is 19.4 Å². The van der Waals surface area contributed by atoms with Crippen LogP contribution in [0.2, 0.25) is 0 Å². The lowest BCUT2D eigenvalue weighted by Gasteiger charge is -2.31. The molecule has 1 aliphatic heterocycles. The van der Waals surface area contributed by atoms with E-state index in [0.29, 0.717) is 25.3 Å². The highest BCUT2D eigenvalue weighted by Gasteiger charge is 2.26. The Kier molecular flexibility index (Phi) is 7.09. The highest BCUT2D eigenvalue weighted by molar-refractivity contribution is 6.13. The zero-order valence-electron chi connectivity index (χ0n) is 19.4. The topological polar surface area (TPSA) is 189 Å². The first kappa shape index (κ1) is 25.6. The number of H-pyrrole nitrogens is 1. The van der Waals surface area contributed by atoms with Gasteiger partial charge in [0.1, 0.15) is 11.4 Å². The molecule has 0 fully saturated rings. The number of nitrogen functional groups attached to an aromatic ring is 1. The molecule has 0 amide bonds. The number of nitrogens with two attached hydrogens (primary N) is 1. The van der Waals surface area contributed by atoms with Crippen molar-refractivity contribution in [2.24, 2.45) is 0 Å². The molecular weight excluding hydrogens is 508 g/mol. The molecule has 0 saturated carbocycles. The number of ether oxygens (including phenoxy) is 1. The summed E-state index contributed by atoms with van der Waals surface area (Å²) in [4.78, 5) is 64.3. The summed E-state index contributed by atoms with van der Waals surface area (Å²) in [6, 6.07) is 8.30. The number of aromatic amines is 1. The summed E-state index contributed by atoms with van der Waals surface area (Å²) in [5, 5.41) is 11.1. The van der Waals surface area contributed by atoms with Crippen LogP contribution in [-0.4, -0.2) is 45.3 Å². The fourth-order valence-electron chi connectivity index (χ4n) is 4.06. The van der Waals surface area contributed by atoms with Crippen LogP contribution in [0.3, 0.4) is 0 Å². The van der Waals surface area contributed by atoms with Gasteiger partial charge in [-0.25, -0.2) is 23.9 Å². The second-order valence-electron chi connectivity index (χ2n) is 8.14. The number of aromatic nitrogens is 3. The molecule has 4 aromatic rings. The van der Waals surface area contributed by atoms with Crippen molar-refractivity contribution in [2.45, 2.75) is 19.5 Å². The number of hydrogen-bond acceptors (Lipinski definition) is 10. The number of carbonyl (C=O) groups excluding carboxylic acids is 1. The lowest BCUT2D eigenvalue weighted by molar-refractivity contribution is 0.0590. The number of carbonyl (C=O) groups is 2. The average molecular weight is 529 g/mol.